The van der Waals surface area contributed by atoms with Crippen LogP contribution in [0, 0.1) is 67.7 Å². The van der Waals surface area contributed by atoms with Crippen LogP contribution in [0.25, 0.3) is 5.73 Å². The molecule has 1 nitrogen and oxygen atoms in total. The van der Waals surface area contributed by atoms with Gasteiger partial charge in [0.15, 0.2) is 0 Å². The zero-order chi connectivity index (χ0) is 10.7. The van der Waals surface area contributed by atoms with E-state index in [1.165, 1.54) is 25.7 Å². The normalized spacial score (nSPS) is 32.8. The molecule has 0 heterocycles. The Morgan fingerprint density at radius 2 is 1.67 bits per heavy atom. The van der Waals surface area contributed by atoms with Gasteiger partial charge in [0.2, 0.25) is 0 Å². The monoisotopic (exact) mass is 423 g/mol. The second kappa shape index (κ2) is 7.67. The summed E-state index contributed by atoms with van der Waals surface area (Å²) >= 11 is 0. The van der Waals surface area contributed by atoms with E-state index in [9.17, 15) is 0 Å². The summed E-state index contributed by atoms with van der Waals surface area (Å²) in [4.78, 5) is 0. The minimum Gasteiger partial charge on any atom is -0.674 e. The van der Waals surface area contributed by atoms with Crippen molar-refractivity contribution in [3.8, 4) is 0 Å². The van der Waals surface area contributed by atoms with Crippen LogP contribution in [0.15, 0.2) is 0 Å². The second-order valence-corrected chi connectivity index (χ2v) is 5.32. The molecule has 0 aliphatic heterocycles. The van der Waals surface area contributed by atoms with Crippen molar-refractivity contribution in [3.05, 3.63) is 5.73 Å². The van der Waals surface area contributed by atoms with Crippen molar-refractivity contribution in [3.63, 3.8) is 0 Å². The van der Waals surface area contributed by atoms with Gasteiger partial charge in [-0.3, -0.25) is 0 Å². The van der Waals surface area contributed by atoms with Crippen LogP contribution in [-0.4, -0.2) is 6.04 Å². The second-order valence-electron chi connectivity index (χ2n) is 5.32. The number of hydrogen-bond donors (Lipinski definition) is 0. The van der Waals surface area contributed by atoms with Crippen molar-refractivity contribution in [1.82, 2.24) is 0 Å². The average Bonchev–Trinajstić information content (AvgIpc) is 2.47. The molecule has 0 saturated heterocycles. The molecule has 1 aliphatic rings. The Morgan fingerprint density at radius 1 is 1.13 bits per heavy atom. The van der Waals surface area contributed by atoms with Gasteiger partial charge in [-0.15, -0.1) is 6.04 Å². The van der Waals surface area contributed by atoms with Crippen LogP contribution < -0.4 is 0 Å². The van der Waals surface area contributed by atoms with Crippen LogP contribution in [0.3, 0.4) is 0 Å². The molecule has 1 unspecified atom stereocenters. The molecule has 0 spiro atoms. The molecule has 1 N–H and O–H groups in total. The van der Waals surface area contributed by atoms with Crippen molar-refractivity contribution in [2.45, 2.75) is 59.4 Å². The number of rotatable bonds is 4. The maximum Gasteiger partial charge on any atom is 0 e. The fourth-order valence-electron chi connectivity index (χ4n) is 3.25. The topological polar surface area (TPSA) is 23.8 Å². The molecule has 1 saturated carbocycles. The van der Waals surface area contributed by atoms with Gasteiger partial charge in [0, 0.05) is 44.1 Å². The standard InChI is InChI=1S/C13H26N.Ac/c1-5-11(6-2)13(14)12-8-9(3)7-10(12)4;/h9-14H,5-8H2,1-4H3;/q-1;/t9-,10+,12+,13?;/m0./s1. The van der Waals surface area contributed by atoms with Crippen molar-refractivity contribution < 1.29 is 44.1 Å². The minimum atomic E-state index is 0. The Kier molecular flexibility index (Phi) is 8.39. The van der Waals surface area contributed by atoms with E-state index in [0.29, 0.717) is 11.8 Å². The molecule has 4 atom stereocenters. The molecule has 0 bridgehead atoms. The maximum atomic E-state index is 8.35. The first-order chi connectivity index (χ1) is 6.60. The van der Waals surface area contributed by atoms with Crippen molar-refractivity contribution >= 4 is 0 Å². The van der Waals surface area contributed by atoms with Crippen LogP contribution in [0.4, 0.5) is 0 Å². The van der Waals surface area contributed by atoms with E-state index in [1.54, 1.807) is 0 Å². The van der Waals surface area contributed by atoms with E-state index in [2.05, 4.69) is 27.7 Å². The zero-order valence-electron chi connectivity index (χ0n) is 10.8. The summed E-state index contributed by atoms with van der Waals surface area (Å²) in [5.41, 5.74) is 8.35. The van der Waals surface area contributed by atoms with Gasteiger partial charge in [-0.25, -0.2) is 0 Å². The fourth-order valence-corrected chi connectivity index (χ4v) is 3.25. The fraction of sp³-hybridized carbons (Fsp3) is 1.00. The van der Waals surface area contributed by atoms with Crippen molar-refractivity contribution in [2.75, 3.05) is 0 Å². The molecule has 1 rings (SSSR count). The molecule has 0 aromatic carbocycles. The van der Waals surface area contributed by atoms with Gasteiger partial charge in [-0.2, -0.15) is 0 Å². The Balaban J connectivity index is 0.00000196. The molecule has 87 valence electrons. The van der Waals surface area contributed by atoms with E-state index < -0.39 is 0 Å². The molecular weight excluding hydrogens is 397 g/mol. The Labute approximate surface area is 132 Å². The van der Waals surface area contributed by atoms with E-state index in [4.69, 9.17) is 5.73 Å². The Bertz CT molecular complexity index is 168. The first-order valence-electron chi connectivity index (χ1n) is 6.31. The van der Waals surface area contributed by atoms with Crippen LogP contribution in [0.2, 0.25) is 0 Å². The molecule has 2 heteroatoms. The molecular formula is C13H26AcN-. The average molecular weight is 423 g/mol. The van der Waals surface area contributed by atoms with E-state index in [-0.39, 0.29) is 50.1 Å². The summed E-state index contributed by atoms with van der Waals surface area (Å²) in [7, 11) is 0. The van der Waals surface area contributed by atoms with E-state index in [1.807, 2.05) is 0 Å². The van der Waals surface area contributed by atoms with Crippen LogP contribution in [0.5, 0.6) is 0 Å². The molecule has 1 radical (unpaired) electrons. The quantitative estimate of drug-likeness (QED) is 0.635. The van der Waals surface area contributed by atoms with Gasteiger partial charge in [0.1, 0.15) is 0 Å². The van der Waals surface area contributed by atoms with E-state index >= 15 is 0 Å². The summed E-state index contributed by atoms with van der Waals surface area (Å²) in [6.07, 6.45) is 5.01. The zero-order valence-corrected chi connectivity index (χ0v) is 15.5. The largest absolute Gasteiger partial charge is 0.674 e. The molecule has 1 aliphatic carbocycles. The van der Waals surface area contributed by atoms with Gasteiger partial charge in [-0.1, -0.05) is 52.4 Å². The van der Waals surface area contributed by atoms with Crippen LogP contribution in [-0.2, 0) is 0 Å². The molecule has 0 amide bonds. The van der Waals surface area contributed by atoms with Crippen LogP contribution >= 0.6 is 0 Å². The number of hydrogen-bond acceptors (Lipinski definition) is 0. The summed E-state index contributed by atoms with van der Waals surface area (Å²) < 4.78 is 0. The molecule has 0 aromatic heterocycles. The predicted octanol–water partition coefficient (Wildman–Crippen LogP) is 4.53. The minimum absolute atomic E-state index is 0. The van der Waals surface area contributed by atoms with E-state index in [0.717, 1.165) is 11.8 Å². The summed E-state index contributed by atoms with van der Waals surface area (Å²) in [5.74, 6) is 2.95. The third-order valence-electron chi connectivity index (χ3n) is 4.20. The third-order valence-corrected chi connectivity index (χ3v) is 4.20. The van der Waals surface area contributed by atoms with Crippen LogP contribution in [0.1, 0.15) is 53.4 Å². The van der Waals surface area contributed by atoms with Gasteiger partial charge in [-0.05, 0) is 24.7 Å². The summed E-state index contributed by atoms with van der Waals surface area (Å²) in [5, 5.41) is 0. The third kappa shape index (κ3) is 4.29. The number of nitrogens with one attached hydrogen (secondary N) is 1. The maximum absolute atomic E-state index is 8.35. The van der Waals surface area contributed by atoms with Gasteiger partial charge in [0.25, 0.3) is 0 Å². The van der Waals surface area contributed by atoms with Gasteiger partial charge in [0.05, 0.1) is 0 Å². The first-order valence-corrected chi connectivity index (χ1v) is 6.31. The summed E-state index contributed by atoms with van der Waals surface area (Å²) in [6.45, 7) is 9.16. The smallest absolute Gasteiger partial charge is 0 e. The van der Waals surface area contributed by atoms with Gasteiger partial charge >= 0.3 is 0 Å². The Morgan fingerprint density at radius 3 is 2.00 bits per heavy atom. The molecule has 0 aromatic rings. The van der Waals surface area contributed by atoms with Gasteiger partial charge < -0.3 is 5.73 Å². The molecule has 15 heavy (non-hydrogen) atoms. The first kappa shape index (κ1) is 16.4. The Hall–Kier alpha value is 1.40. The molecule has 1 fully saturated rings. The SMILES string of the molecule is CCC(CC)C([NH-])[C@@H]1C[C@@H](C)C[C@H]1C.[Ac]. The summed E-state index contributed by atoms with van der Waals surface area (Å²) in [6, 6.07) is 0.199. The predicted molar refractivity (Wildman–Crippen MR) is 63.2 cm³/mol. The van der Waals surface area contributed by atoms with Crippen molar-refractivity contribution in [2.24, 2.45) is 23.7 Å². The van der Waals surface area contributed by atoms with Crippen molar-refractivity contribution in [1.29, 1.82) is 0 Å².